The third-order valence-corrected chi connectivity index (χ3v) is 3.68. The van der Waals surface area contributed by atoms with E-state index in [1.807, 2.05) is 13.8 Å². The SMILES string of the molecule is COc1ccc(C(NC(=O)CCCOC(C)C)C(=O)O)cc1Br. The van der Waals surface area contributed by atoms with Crippen molar-refractivity contribution in [1.29, 1.82) is 0 Å². The molecule has 6 nitrogen and oxygen atoms in total. The van der Waals surface area contributed by atoms with E-state index in [-0.39, 0.29) is 18.4 Å². The van der Waals surface area contributed by atoms with Crippen LogP contribution < -0.4 is 10.1 Å². The molecule has 1 atom stereocenters. The summed E-state index contributed by atoms with van der Waals surface area (Å²) in [7, 11) is 1.52. The molecule has 0 radical (unpaired) electrons. The molecule has 1 rings (SSSR count). The van der Waals surface area contributed by atoms with Crippen LogP contribution in [0.4, 0.5) is 0 Å². The zero-order valence-corrected chi connectivity index (χ0v) is 15.1. The summed E-state index contributed by atoms with van der Waals surface area (Å²) in [5.41, 5.74) is 0.469. The van der Waals surface area contributed by atoms with Crippen molar-refractivity contribution in [2.24, 2.45) is 0 Å². The molecule has 1 aromatic rings. The molecule has 0 heterocycles. The summed E-state index contributed by atoms with van der Waals surface area (Å²) in [6, 6.07) is 3.79. The van der Waals surface area contributed by atoms with E-state index >= 15 is 0 Å². The lowest BCUT2D eigenvalue weighted by molar-refractivity contribution is -0.142. The van der Waals surface area contributed by atoms with Crippen LogP contribution in [0.5, 0.6) is 5.75 Å². The monoisotopic (exact) mass is 387 g/mol. The quantitative estimate of drug-likeness (QED) is 0.636. The first-order valence-corrected chi connectivity index (χ1v) is 8.11. The fourth-order valence-corrected chi connectivity index (χ4v) is 2.49. The standard InChI is InChI=1S/C16H22BrNO5/c1-10(2)23-8-4-5-14(19)18-15(16(20)21)11-6-7-13(22-3)12(17)9-11/h6-7,9-10,15H,4-5,8H2,1-3H3,(H,18,19)(H,20,21). The van der Waals surface area contributed by atoms with Gasteiger partial charge >= 0.3 is 5.97 Å². The van der Waals surface area contributed by atoms with Gasteiger partial charge in [-0.1, -0.05) is 6.07 Å². The lowest BCUT2D eigenvalue weighted by Crippen LogP contribution is -2.33. The second kappa shape index (κ2) is 9.52. The highest BCUT2D eigenvalue weighted by Crippen LogP contribution is 2.28. The van der Waals surface area contributed by atoms with Gasteiger partial charge in [0.05, 0.1) is 17.7 Å². The fraction of sp³-hybridized carbons (Fsp3) is 0.500. The molecule has 0 aliphatic carbocycles. The molecule has 0 fully saturated rings. The van der Waals surface area contributed by atoms with Gasteiger partial charge in [-0.2, -0.15) is 0 Å². The van der Waals surface area contributed by atoms with Crippen molar-refractivity contribution in [2.75, 3.05) is 13.7 Å². The van der Waals surface area contributed by atoms with Gasteiger partial charge in [-0.05, 0) is 53.9 Å². The summed E-state index contributed by atoms with van der Waals surface area (Å²) in [5, 5.41) is 11.9. The van der Waals surface area contributed by atoms with Crippen LogP contribution in [0.25, 0.3) is 0 Å². The normalized spacial score (nSPS) is 12.0. The third-order valence-electron chi connectivity index (χ3n) is 3.06. The molecule has 23 heavy (non-hydrogen) atoms. The Hall–Kier alpha value is -1.60. The predicted molar refractivity (Wildman–Crippen MR) is 89.5 cm³/mol. The number of nitrogens with one attached hydrogen (secondary N) is 1. The van der Waals surface area contributed by atoms with Crippen molar-refractivity contribution in [3.05, 3.63) is 28.2 Å². The summed E-state index contributed by atoms with van der Waals surface area (Å²) >= 11 is 3.31. The molecule has 0 aromatic heterocycles. The summed E-state index contributed by atoms with van der Waals surface area (Å²) < 4.78 is 11.1. The molecule has 1 unspecified atom stereocenters. The Morgan fingerprint density at radius 3 is 2.57 bits per heavy atom. The molecule has 7 heteroatoms. The van der Waals surface area contributed by atoms with Crippen molar-refractivity contribution >= 4 is 27.8 Å². The second-order valence-corrected chi connectivity index (χ2v) is 6.11. The molecule has 1 amide bonds. The third kappa shape index (κ3) is 6.58. The largest absolute Gasteiger partial charge is 0.496 e. The molecular formula is C16H22BrNO5. The van der Waals surface area contributed by atoms with E-state index in [1.165, 1.54) is 7.11 Å². The number of aliphatic carboxylic acids is 1. The van der Waals surface area contributed by atoms with E-state index in [9.17, 15) is 14.7 Å². The summed E-state index contributed by atoms with van der Waals surface area (Å²) in [6.45, 7) is 4.31. The Kier molecular flexibility index (Phi) is 8.05. The van der Waals surface area contributed by atoms with Crippen LogP contribution in [0.3, 0.4) is 0 Å². The molecule has 0 bridgehead atoms. The number of halogens is 1. The Morgan fingerprint density at radius 2 is 2.04 bits per heavy atom. The number of carboxylic acids is 1. The average molecular weight is 388 g/mol. The molecule has 128 valence electrons. The van der Waals surface area contributed by atoms with Gasteiger partial charge in [-0.25, -0.2) is 4.79 Å². The molecule has 2 N–H and O–H groups in total. The maximum Gasteiger partial charge on any atom is 0.330 e. The Balaban J connectivity index is 2.66. The van der Waals surface area contributed by atoms with Crippen LogP contribution in [0.1, 0.15) is 38.3 Å². The van der Waals surface area contributed by atoms with Crippen molar-refractivity contribution in [3.63, 3.8) is 0 Å². The number of methoxy groups -OCH3 is 1. The predicted octanol–water partition coefficient (Wildman–Crippen LogP) is 2.90. The zero-order chi connectivity index (χ0) is 17.4. The van der Waals surface area contributed by atoms with E-state index in [4.69, 9.17) is 9.47 Å². The molecule has 1 aromatic carbocycles. The van der Waals surface area contributed by atoms with Crippen LogP contribution in [0.2, 0.25) is 0 Å². The lowest BCUT2D eigenvalue weighted by atomic mass is 10.1. The molecule has 0 saturated heterocycles. The molecule has 0 aliphatic heterocycles. The number of hydrogen-bond acceptors (Lipinski definition) is 4. The number of carboxylic acid groups (broad SMARTS) is 1. The van der Waals surface area contributed by atoms with E-state index in [1.54, 1.807) is 18.2 Å². The molecule has 0 aliphatic rings. The van der Waals surface area contributed by atoms with Gasteiger partial charge in [0.1, 0.15) is 5.75 Å². The molecule has 0 spiro atoms. The van der Waals surface area contributed by atoms with E-state index in [0.29, 0.717) is 28.8 Å². The first-order chi connectivity index (χ1) is 10.8. The van der Waals surface area contributed by atoms with Gasteiger partial charge < -0.3 is 19.9 Å². The number of carbonyl (C=O) groups excluding carboxylic acids is 1. The number of benzene rings is 1. The smallest absolute Gasteiger partial charge is 0.330 e. The second-order valence-electron chi connectivity index (χ2n) is 5.26. The average Bonchev–Trinajstić information content (AvgIpc) is 2.48. The van der Waals surface area contributed by atoms with Gasteiger partial charge in [0, 0.05) is 13.0 Å². The van der Waals surface area contributed by atoms with Crippen LogP contribution >= 0.6 is 15.9 Å². The first kappa shape index (κ1) is 19.4. The maximum atomic E-state index is 11.9. The van der Waals surface area contributed by atoms with Crippen molar-refractivity contribution in [3.8, 4) is 5.75 Å². The van der Waals surface area contributed by atoms with Crippen LogP contribution in [-0.2, 0) is 14.3 Å². The number of carbonyl (C=O) groups is 2. The number of ether oxygens (including phenoxy) is 2. The zero-order valence-electron chi connectivity index (χ0n) is 13.5. The lowest BCUT2D eigenvalue weighted by Gasteiger charge is -2.16. The fourth-order valence-electron chi connectivity index (χ4n) is 1.93. The van der Waals surface area contributed by atoms with E-state index in [0.717, 1.165) is 0 Å². The Labute approximate surface area is 144 Å². The number of rotatable bonds is 9. The van der Waals surface area contributed by atoms with Gasteiger partial charge in [-0.15, -0.1) is 0 Å². The summed E-state index contributed by atoms with van der Waals surface area (Å²) in [4.78, 5) is 23.4. The van der Waals surface area contributed by atoms with Crippen LogP contribution in [0.15, 0.2) is 22.7 Å². The highest BCUT2D eigenvalue weighted by atomic mass is 79.9. The van der Waals surface area contributed by atoms with Gasteiger partial charge in [-0.3, -0.25) is 4.79 Å². The minimum Gasteiger partial charge on any atom is -0.496 e. The number of hydrogen-bond donors (Lipinski definition) is 2. The molecular weight excluding hydrogens is 366 g/mol. The van der Waals surface area contributed by atoms with Crippen molar-refractivity contribution in [2.45, 2.75) is 38.8 Å². The summed E-state index contributed by atoms with van der Waals surface area (Å²) in [5.74, 6) is -0.847. The van der Waals surface area contributed by atoms with Gasteiger partial charge in [0.15, 0.2) is 6.04 Å². The highest BCUT2D eigenvalue weighted by Gasteiger charge is 2.22. The van der Waals surface area contributed by atoms with Gasteiger partial charge in [0.2, 0.25) is 5.91 Å². The maximum absolute atomic E-state index is 11.9. The van der Waals surface area contributed by atoms with Crippen LogP contribution in [-0.4, -0.2) is 36.8 Å². The Bertz CT molecular complexity index is 547. The van der Waals surface area contributed by atoms with Crippen molar-refractivity contribution < 1.29 is 24.2 Å². The summed E-state index contributed by atoms with van der Waals surface area (Å²) in [6.07, 6.45) is 0.873. The minimum absolute atomic E-state index is 0.112. The van der Waals surface area contributed by atoms with Crippen molar-refractivity contribution in [1.82, 2.24) is 5.32 Å². The van der Waals surface area contributed by atoms with Crippen LogP contribution in [0, 0.1) is 0 Å². The minimum atomic E-state index is -1.12. The topological polar surface area (TPSA) is 84.9 Å². The van der Waals surface area contributed by atoms with E-state index < -0.39 is 12.0 Å². The molecule has 0 saturated carbocycles. The highest BCUT2D eigenvalue weighted by molar-refractivity contribution is 9.10. The number of amides is 1. The van der Waals surface area contributed by atoms with Gasteiger partial charge in [0.25, 0.3) is 0 Å². The van der Waals surface area contributed by atoms with E-state index in [2.05, 4.69) is 21.2 Å². The first-order valence-electron chi connectivity index (χ1n) is 7.32. The Morgan fingerprint density at radius 1 is 1.35 bits per heavy atom.